The molecule has 0 aromatic heterocycles. The summed E-state index contributed by atoms with van der Waals surface area (Å²) in [5.74, 6) is 0.622. The molecule has 108 valence electrons. The summed E-state index contributed by atoms with van der Waals surface area (Å²) < 4.78 is 29.2. The third kappa shape index (κ3) is 4.17. The Bertz CT molecular complexity index is 713. The number of sulfonamides is 1. The molecule has 0 heterocycles. The van der Waals surface area contributed by atoms with Crippen LogP contribution in [0.25, 0.3) is 0 Å². The molecule has 0 aliphatic carbocycles. The number of nitrogens with one attached hydrogen (secondary N) is 2. The van der Waals surface area contributed by atoms with Gasteiger partial charge in [0.1, 0.15) is 0 Å². The molecule has 7 heteroatoms. The fourth-order valence-electron chi connectivity index (χ4n) is 1.62. The zero-order valence-electron chi connectivity index (χ0n) is 11.5. The van der Waals surface area contributed by atoms with Crippen molar-refractivity contribution in [2.45, 2.75) is 11.8 Å². The molecule has 21 heavy (non-hydrogen) atoms. The van der Waals surface area contributed by atoms with E-state index in [1.165, 1.54) is 7.12 Å². The van der Waals surface area contributed by atoms with Gasteiger partial charge in [0, 0.05) is 0 Å². The topological polar surface area (TPSA) is 67.4 Å². The third-order valence-corrected chi connectivity index (χ3v) is 4.00. The van der Waals surface area contributed by atoms with Gasteiger partial charge < -0.3 is 0 Å². The molecular weight excluding hydrogens is 287 g/mol. The monoisotopic (exact) mass is 302 g/mol. The first-order valence-electron chi connectivity index (χ1n) is 6.23. The Labute approximate surface area is 124 Å². The van der Waals surface area contributed by atoms with Gasteiger partial charge in [-0.2, -0.15) is 0 Å². The van der Waals surface area contributed by atoms with Crippen molar-refractivity contribution in [3.05, 3.63) is 54.1 Å². The summed E-state index contributed by atoms with van der Waals surface area (Å²) in [6.45, 7) is 5.36. The minimum absolute atomic E-state index is 0.201. The van der Waals surface area contributed by atoms with Gasteiger partial charge in [-0.15, -0.1) is 0 Å². The molecule has 0 saturated carbocycles. The Kier molecular flexibility index (Phi) is 4.77. The average Bonchev–Trinajstić information content (AvgIpc) is 2.47. The van der Waals surface area contributed by atoms with Crippen molar-refractivity contribution < 1.29 is 13.1 Å². The van der Waals surface area contributed by atoms with Crippen molar-refractivity contribution in [3.8, 4) is 5.75 Å². The number of rotatable bonds is 6. The standard InChI is InChI=1S/C14H15BN2O3S/c1-11-3-9-14(10-4-11)21(18,19)17-16-12-5-7-13(8-6-12)20-15-2/h3-10,16-17H,2H2,1H3. The van der Waals surface area contributed by atoms with E-state index in [-0.39, 0.29) is 4.90 Å². The van der Waals surface area contributed by atoms with Gasteiger partial charge in [-0.25, -0.2) is 0 Å². The van der Waals surface area contributed by atoms with Gasteiger partial charge in [0.15, 0.2) is 0 Å². The predicted molar refractivity (Wildman–Crippen MR) is 85.1 cm³/mol. The van der Waals surface area contributed by atoms with Gasteiger partial charge in [0.05, 0.1) is 0 Å². The second-order valence-electron chi connectivity index (χ2n) is 4.35. The molecule has 0 unspecified atom stereocenters. The Balaban J connectivity index is 2.04. The van der Waals surface area contributed by atoms with Crippen molar-refractivity contribution in [1.29, 1.82) is 0 Å². The summed E-state index contributed by atoms with van der Waals surface area (Å²) in [4.78, 5) is 2.52. The minimum atomic E-state index is -3.60. The van der Waals surface area contributed by atoms with E-state index in [9.17, 15) is 8.42 Å². The molecule has 0 saturated heterocycles. The van der Waals surface area contributed by atoms with Crippen LogP contribution in [0.5, 0.6) is 5.75 Å². The van der Waals surface area contributed by atoms with Gasteiger partial charge in [0.25, 0.3) is 0 Å². The van der Waals surface area contributed by atoms with Crippen LogP contribution in [0.1, 0.15) is 5.56 Å². The van der Waals surface area contributed by atoms with Crippen molar-refractivity contribution in [2.75, 3.05) is 5.43 Å². The van der Waals surface area contributed by atoms with E-state index in [4.69, 9.17) is 4.65 Å². The SMILES string of the molecule is C=BOc1ccc(NNS(=O)(=O)c2ccc(C)cc2)cc1. The number of hydrogen-bond acceptors (Lipinski definition) is 4. The van der Waals surface area contributed by atoms with Crippen molar-refractivity contribution in [2.24, 2.45) is 0 Å². The summed E-state index contributed by atoms with van der Waals surface area (Å²) in [7, 11) is -2.28. The predicted octanol–water partition coefficient (Wildman–Crippen LogP) is 1.73. The van der Waals surface area contributed by atoms with Crippen LogP contribution in [0, 0.1) is 6.92 Å². The number of anilines is 1. The molecule has 0 amide bonds. The van der Waals surface area contributed by atoms with E-state index in [0.29, 0.717) is 11.4 Å². The summed E-state index contributed by atoms with van der Waals surface area (Å²) in [5, 5.41) is 0. The summed E-state index contributed by atoms with van der Waals surface area (Å²) in [6.07, 6.45) is 0. The first kappa shape index (κ1) is 15.3. The fraction of sp³-hybridized carbons (Fsp3) is 0.0714. The van der Waals surface area contributed by atoms with Crippen LogP contribution in [0.15, 0.2) is 53.4 Å². The Morgan fingerprint density at radius 2 is 1.67 bits per heavy atom. The van der Waals surface area contributed by atoms with Crippen LogP contribution in [-0.2, 0) is 10.0 Å². The van der Waals surface area contributed by atoms with Gasteiger partial charge in [-0.3, -0.25) is 0 Å². The molecule has 0 fully saturated rings. The molecular formula is C14H15BN2O3S. The molecule has 2 aromatic carbocycles. The molecule has 0 aliphatic rings. The van der Waals surface area contributed by atoms with E-state index in [1.54, 1.807) is 48.5 Å². The Morgan fingerprint density at radius 3 is 2.24 bits per heavy atom. The van der Waals surface area contributed by atoms with E-state index in [2.05, 4.69) is 16.7 Å². The Hall–Kier alpha value is -2.12. The maximum atomic E-state index is 12.1. The normalized spacial score (nSPS) is 10.7. The van der Waals surface area contributed by atoms with Crippen LogP contribution in [0.4, 0.5) is 5.69 Å². The second kappa shape index (κ2) is 6.56. The molecule has 0 radical (unpaired) electrons. The van der Waals surface area contributed by atoms with Gasteiger partial charge in [-0.1, -0.05) is 0 Å². The molecule has 0 bridgehead atoms. The average molecular weight is 302 g/mol. The number of benzene rings is 2. The van der Waals surface area contributed by atoms with Crippen LogP contribution in [0.3, 0.4) is 0 Å². The number of aryl methyl sites for hydroxylation is 1. The van der Waals surface area contributed by atoms with Crippen LogP contribution >= 0.6 is 0 Å². The van der Waals surface area contributed by atoms with Gasteiger partial charge >= 0.3 is 117 Å². The third-order valence-electron chi connectivity index (χ3n) is 2.73. The molecule has 2 aromatic rings. The Morgan fingerprint density at radius 1 is 1.05 bits per heavy atom. The molecule has 0 aliphatic heterocycles. The maximum absolute atomic E-state index is 12.1. The fourth-order valence-corrected chi connectivity index (χ4v) is 2.48. The van der Waals surface area contributed by atoms with E-state index in [1.807, 2.05) is 6.92 Å². The molecule has 0 atom stereocenters. The zero-order chi connectivity index (χ0) is 15.3. The quantitative estimate of drug-likeness (QED) is 0.630. The van der Waals surface area contributed by atoms with Gasteiger partial charge in [-0.05, 0) is 6.92 Å². The summed E-state index contributed by atoms with van der Waals surface area (Å²) in [5.41, 5.74) is 4.25. The van der Waals surface area contributed by atoms with Crippen LogP contribution in [-0.4, -0.2) is 22.0 Å². The first-order valence-corrected chi connectivity index (χ1v) is 7.72. The zero-order valence-corrected chi connectivity index (χ0v) is 12.4. The van der Waals surface area contributed by atoms with Crippen LogP contribution < -0.4 is 14.9 Å². The van der Waals surface area contributed by atoms with Crippen LogP contribution in [0.2, 0.25) is 0 Å². The first-order chi connectivity index (χ1) is 10.0. The van der Waals surface area contributed by atoms with E-state index < -0.39 is 10.0 Å². The van der Waals surface area contributed by atoms with Crippen molar-refractivity contribution in [3.63, 3.8) is 0 Å². The van der Waals surface area contributed by atoms with E-state index >= 15 is 0 Å². The van der Waals surface area contributed by atoms with Crippen molar-refractivity contribution >= 4 is 29.3 Å². The molecule has 2 rings (SSSR count). The second-order valence-corrected chi connectivity index (χ2v) is 6.03. The molecule has 2 N–H and O–H groups in total. The summed E-state index contributed by atoms with van der Waals surface area (Å²) >= 11 is 0. The number of hydrazine groups is 1. The number of hydrogen-bond donors (Lipinski definition) is 2. The molecule has 5 nitrogen and oxygen atoms in total. The molecule has 0 spiro atoms. The van der Waals surface area contributed by atoms with Gasteiger partial charge in [0.2, 0.25) is 0 Å². The van der Waals surface area contributed by atoms with E-state index in [0.717, 1.165) is 5.56 Å². The van der Waals surface area contributed by atoms with Crippen molar-refractivity contribution in [1.82, 2.24) is 4.83 Å². The summed E-state index contributed by atoms with van der Waals surface area (Å²) in [6, 6.07) is 13.4.